The Bertz CT molecular complexity index is 422. The Labute approximate surface area is 75.9 Å². The SMILES string of the molecule is COCn1ncc2c(N)cccc21. The summed E-state index contributed by atoms with van der Waals surface area (Å²) in [6, 6.07) is 5.74. The largest absolute Gasteiger partial charge is 0.398 e. The molecule has 0 bridgehead atoms. The Balaban J connectivity index is 2.61. The molecule has 0 amide bonds. The summed E-state index contributed by atoms with van der Waals surface area (Å²) in [6.45, 7) is 0.451. The number of hydrogen-bond acceptors (Lipinski definition) is 3. The number of methoxy groups -OCH3 is 1. The van der Waals surface area contributed by atoms with Crippen molar-refractivity contribution in [2.24, 2.45) is 0 Å². The Morgan fingerprint density at radius 3 is 3.15 bits per heavy atom. The number of anilines is 1. The van der Waals surface area contributed by atoms with Crippen molar-refractivity contribution in [1.29, 1.82) is 0 Å². The van der Waals surface area contributed by atoms with Crippen LogP contribution in [0, 0.1) is 0 Å². The van der Waals surface area contributed by atoms with Gasteiger partial charge in [-0.05, 0) is 12.1 Å². The second-order valence-corrected chi connectivity index (χ2v) is 2.84. The highest BCUT2D eigenvalue weighted by atomic mass is 16.5. The number of hydrogen-bond donors (Lipinski definition) is 1. The molecule has 0 saturated heterocycles. The van der Waals surface area contributed by atoms with Crippen LogP contribution < -0.4 is 5.73 Å². The van der Waals surface area contributed by atoms with Gasteiger partial charge in [0.2, 0.25) is 0 Å². The van der Waals surface area contributed by atoms with Crippen LogP contribution in [0.3, 0.4) is 0 Å². The maximum Gasteiger partial charge on any atom is 0.139 e. The molecule has 4 heteroatoms. The third-order valence-electron chi connectivity index (χ3n) is 1.97. The van der Waals surface area contributed by atoms with Crippen LogP contribution in [0.15, 0.2) is 24.4 Å². The molecule has 0 radical (unpaired) electrons. The second kappa shape index (κ2) is 3.06. The molecule has 1 aromatic carbocycles. The van der Waals surface area contributed by atoms with E-state index < -0.39 is 0 Å². The van der Waals surface area contributed by atoms with E-state index in [0.29, 0.717) is 6.73 Å². The quantitative estimate of drug-likeness (QED) is 0.702. The van der Waals surface area contributed by atoms with Crippen molar-refractivity contribution in [2.75, 3.05) is 12.8 Å². The lowest BCUT2D eigenvalue weighted by molar-refractivity contribution is 0.124. The third kappa shape index (κ3) is 1.25. The molecule has 0 spiro atoms. The fourth-order valence-corrected chi connectivity index (χ4v) is 1.35. The fourth-order valence-electron chi connectivity index (χ4n) is 1.35. The molecule has 0 saturated carbocycles. The first-order chi connectivity index (χ1) is 6.33. The number of nitrogens with two attached hydrogens (primary N) is 1. The maximum absolute atomic E-state index is 5.77. The molecule has 0 atom stereocenters. The first-order valence-electron chi connectivity index (χ1n) is 4.02. The Morgan fingerprint density at radius 1 is 1.54 bits per heavy atom. The summed E-state index contributed by atoms with van der Waals surface area (Å²) in [6.07, 6.45) is 1.75. The lowest BCUT2D eigenvalue weighted by Gasteiger charge is -2.01. The van der Waals surface area contributed by atoms with Crippen molar-refractivity contribution in [3.8, 4) is 0 Å². The third-order valence-corrected chi connectivity index (χ3v) is 1.97. The van der Waals surface area contributed by atoms with Crippen LogP contribution >= 0.6 is 0 Å². The van der Waals surface area contributed by atoms with Crippen molar-refractivity contribution in [2.45, 2.75) is 6.73 Å². The monoisotopic (exact) mass is 177 g/mol. The van der Waals surface area contributed by atoms with E-state index in [1.807, 2.05) is 18.2 Å². The normalized spacial score (nSPS) is 10.8. The minimum absolute atomic E-state index is 0.451. The minimum Gasteiger partial charge on any atom is -0.398 e. The van der Waals surface area contributed by atoms with Crippen LogP contribution in [0.2, 0.25) is 0 Å². The number of aromatic nitrogens is 2. The van der Waals surface area contributed by atoms with Crippen LogP contribution in [0.1, 0.15) is 0 Å². The molecule has 0 unspecified atom stereocenters. The van der Waals surface area contributed by atoms with Gasteiger partial charge < -0.3 is 10.5 Å². The molecular formula is C9H11N3O. The van der Waals surface area contributed by atoms with E-state index in [-0.39, 0.29) is 0 Å². The number of nitrogens with zero attached hydrogens (tertiary/aromatic N) is 2. The average molecular weight is 177 g/mol. The number of rotatable bonds is 2. The molecule has 1 heterocycles. The zero-order chi connectivity index (χ0) is 9.26. The Morgan fingerprint density at radius 2 is 2.38 bits per heavy atom. The maximum atomic E-state index is 5.77. The van der Waals surface area contributed by atoms with Gasteiger partial charge in [0.1, 0.15) is 6.73 Å². The number of ether oxygens (including phenoxy) is 1. The molecule has 0 aliphatic heterocycles. The summed E-state index contributed by atoms with van der Waals surface area (Å²) < 4.78 is 6.76. The highest BCUT2D eigenvalue weighted by Crippen LogP contribution is 2.19. The van der Waals surface area contributed by atoms with E-state index in [1.165, 1.54) is 0 Å². The molecule has 0 aliphatic rings. The zero-order valence-electron chi connectivity index (χ0n) is 7.40. The summed E-state index contributed by atoms with van der Waals surface area (Å²) in [7, 11) is 1.64. The molecule has 68 valence electrons. The van der Waals surface area contributed by atoms with Crippen LogP contribution in [0.4, 0.5) is 5.69 Å². The van der Waals surface area contributed by atoms with Gasteiger partial charge in [0.15, 0.2) is 0 Å². The highest BCUT2D eigenvalue weighted by molar-refractivity contribution is 5.89. The summed E-state index contributed by atoms with van der Waals surface area (Å²) in [4.78, 5) is 0. The van der Waals surface area contributed by atoms with Gasteiger partial charge in [-0.3, -0.25) is 0 Å². The van der Waals surface area contributed by atoms with Gasteiger partial charge in [-0.25, -0.2) is 4.68 Å². The average Bonchev–Trinajstić information content (AvgIpc) is 2.51. The lowest BCUT2D eigenvalue weighted by Crippen LogP contribution is -2.00. The smallest absolute Gasteiger partial charge is 0.139 e. The molecule has 4 nitrogen and oxygen atoms in total. The fraction of sp³-hybridized carbons (Fsp3) is 0.222. The summed E-state index contributed by atoms with van der Waals surface area (Å²) in [5.74, 6) is 0. The van der Waals surface area contributed by atoms with Crippen molar-refractivity contribution < 1.29 is 4.74 Å². The van der Waals surface area contributed by atoms with Gasteiger partial charge in [-0.15, -0.1) is 0 Å². The number of nitrogen functional groups attached to an aromatic ring is 1. The standard InChI is InChI=1S/C9H11N3O/c1-13-6-12-9-4-2-3-8(10)7(9)5-11-12/h2-5H,6,10H2,1H3. The van der Waals surface area contributed by atoms with Crippen molar-refractivity contribution in [3.63, 3.8) is 0 Å². The van der Waals surface area contributed by atoms with Crippen LogP contribution in [-0.4, -0.2) is 16.9 Å². The minimum atomic E-state index is 0.451. The molecule has 0 aliphatic carbocycles. The van der Waals surface area contributed by atoms with E-state index in [2.05, 4.69) is 5.10 Å². The zero-order valence-corrected chi connectivity index (χ0v) is 7.40. The first kappa shape index (κ1) is 8.07. The van der Waals surface area contributed by atoms with Gasteiger partial charge in [0.05, 0.1) is 11.7 Å². The topological polar surface area (TPSA) is 53.1 Å². The summed E-state index contributed by atoms with van der Waals surface area (Å²) >= 11 is 0. The van der Waals surface area contributed by atoms with E-state index in [9.17, 15) is 0 Å². The van der Waals surface area contributed by atoms with E-state index in [4.69, 9.17) is 10.5 Å². The van der Waals surface area contributed by atoms with Gasteiger partial charge in [-0.1, -0.05) is 6.07 Å². The van der Waals surface area contributed by atoms with E-state index in [0.717, 1.165) is 16.6 Å². The molecule has 0 fully saturated rings. The Kier molecular flexibility index (Phi) is 1.90. The Hall–Kier alpha value is -1.55. The van der Waals surface area contributed by atoms with Crippen molar-refractivity contribution in [3.05, 3.63) is 24.4 Å². The second-order valence-electron chi connectivity index (χ2n) is 2.84. The van der Waals surface area contributed by atoms with Crippen LogP contribution in [0.5, 0.6) is 0 Å². The van der Waals surface area contributed by atoms with Crippen LogP contribution in [0.25, 0.3) is 10.9 Å². The molecule has 2 rings (SSSR count). The van der Waals surface area contributed by atoms with E-state index in [1.54, 1.807) is 18.0 Å². The molecule has 2 N–H and O–H groups in total. The predicted molar refractivity (Wildman–Crippen MR) is 51.2 cm³/mol. The number of fused-ring (bicyclic) bond motifs is 1. The van der Waals surface area contributed by atoms with E-state index >= 15 is 0 Å². The molecular weight excluding hydrogens is 166 g/mol. The van der Waals surface area contributed by atoms with Crippen molar-refractivity contribution >= 4 is 16.6 Å². The molecule has 13 heavy (non-hydrogen) atoms. The number of benzene rings is 1. The predicted octanol–water partition coefficient (Wildman–Crippen LogP) is 1.22. The first-order valence-corrected chi connectivity index (χ1v) is 4.02. The van der Waals surface area contributed by atoms with Gasteiger partial charge in [-0.2, -0.15) is 5.10 Å². The lowest BCUT2D eigenvalue weighted by atomic mass is 10.2. The molecule has 2 aromatic rings. The van der Waals surface area contributed by atoms with Crippen molar-refractivity contribution in [1.82, 2.24) is 9.78 Å². The molecule has 1 aromatic heterocycles. The van der Waals surface area contributed by atoms with Gasteiger partial charge >= 0.3 is 0 Å². The van der Waals surface area contributed by atoms with Gasteiger partial charge in [0, 0.05) is 18.2 Å². The summed E-state index contributed by atoms with van der Waals surface area (Å²) in [5, 5.41) is 5.13. The summed E-state index contributed by atoms with van der Waals surface area (Å²) in [5.41, 5.74) is 7.52. The van der Waals surface area contributed by atoms with Gasteiger partial charge in [0.25, 0.3) is 0 Å². The highest BCUT2D eigenvalue weighted by Gasteiger charge is 2.03. The van der Waals surface area contributed by atoms with Crippen LogP contribution in [-0.2, 0) is 11.5 Å².